The summed E-state index contributed by atoms with van der Waals surface area (Å²) in [5.74, 6) is 0.925. The van der Waals surface area contributed by atoms with Crippen molar-refractivity contribution in [3.05, 3.63) is 12.3 Å². The monoisotopic (exact) mass is 169 g/mol. The van der Waals surface area contributed by atoms with Crippen molar-refractivity contribution in [1.29, 1.82) is 0 Å². The van der Waals surface area contributed by atoms with Crippen LogP contribution in [-0.2, 0) is 11.8 Å². The molecule has 0 unspecified atom stereocenters. The summed E-state index contributed by atoms with van der Waals surface area (Å²) in [6.45, 7) is 1.70. The summed E-state index contributed by atoms with van der Waals surface area (Å²) in [4.78, 5) is 0. The number of anilines is 1. The number of rotatable bonds is 5. The van der Waals surface area contributed by atoms with E-state index >= 15 is 0 Å². The van der Waals surface area contributed by atoms with E-state index in [9.17, 15) is 0 Å². The number of nitrogens with zero attached hydrogens (tertiary/aromatic N) is 2. The van der Waals surface area contributed by atoms with Crippen LogP contribution in [0.15, 0.2) is 12.3 Å². The number of hydrogen-bond acceptors (Lipinski definition) is 3. The Morgan fingerprint density at radius 3 is 3.08 bits per heavy atom. The van der Waals surface area contributed by atoms with Crippen LogP contribution in [0.5, 0.6) is 0 Å². The van der Waals surface area contributed by atoms with Gasteiger partial charge >= 0.3 is 0 Å². The smallest absolute Gasteiger partial charge is 0.147 e. The molecule has 0 aliphatic carbocycles. The fourth-order valence-electron chi connectivity index (χ4n) is 0.942. The standard InChI is InChI=1S/C8H15N3O/c1-11-6-4-8(10-11)9-5-3-7-12-2/h4,6H,3,5,7H2,1-2H3,(H,9,10). The van der Waals surface area contributed by atoms with E-state index in [0.29, 0.717) is 0 Å². The first-order chi connectivity index (χ1) is 5.83. The van der Waals surface area contributed by atoms with Crippen molar-refractivity contribution in [3.8, 4) is 0 Å². The lowest BCUT2D eigenvalue weighted by atomic mass is 10.4. The zero-order valence-electron chi connectivity index (χ0n) is 7.58. The van der Waals surface area contributed by atoms with Crippen molar-refractivity contribution in [3.63, 3.8) is 0 Å². The Morgan fingerprint density at radius 1 is 1.67 bits per heavy atom. The summed E-state index contributed by atoms with van der Waals surface area (Å²) in [5, 5.41) is 7.36. The molecule has 0 atom stereocenters. The van der Waals surface area contributed by atoms with E-state index < -0.39 is 0 Å². The van der Waals surface area contributed by atoms with Gasteiger partial charge in [-0.1, -0.05) is 0 Å². The number of hydrogen-bond donors (Lipinski definition) is 1. The summed E-state index contributed by atoms with van der Waals surface area (Å²) >= 11 is 0. The van der Waals surface area contributed by atoms with Crippen molar-refractivity contribution in [2.45, 2.75) is 6.42 Å². The van der Waals surface area contributed by atoms with Crippen LogP contribution in [0.1, 0.15) is 6.42 Å². The summed E-state index contributed by atoms with van der Waals surface area (Å²) in [5.41, 5.74) is 0. The van der Waals surface area contributed by atoms with Gasteiger partial charge < -0.3 is 10.1 Å². The van der Waals surface area contributed by atoms with Crippen LogP contribution < -0.4 is 5.32 Å². The van der Waals surface area contributed by atoms with Crippen molar-refractivity contribution in [2.75, 3.05) is 25.6 Å². The van der Waals surface area contributed by atoms with Crippen LogP contribution >= 0.6 is 0 Å². The predicted molar refractivity (Wildman–Crippen MR) is 48.2 cm³/mol. The molecule has 12 heavy (non-hydrogen) atoms. The average Bonchev–Trinajstić information content (AvgIpc) is 2.45. The second-order valence-corrected chi connectivity index (χ2v) is 2.65. The molecule has 4 nitrogen and oxygen atoms in total. The average molecular weight is 169 g/mol. The molecule has 0 aliphatic rings. The van der Waals surface area contributed by atoms with Crippen LogP contribution in [0, 0.1) is 0 Å². The molecule has 1 aromatic rings. The molecule has 1 heterocycles. The topological polar surface area (TPSA) is 39.1 Å². The molecule has 4 heteroatoms. The fraction of sp³-hybridized carbons (Fsp3) is 0.625. The van der Waals surface area contributed by atoms with Crippen LogP contribution in [-0.4, -0.2) is 30.0 Å². The molecule has 68 valence electrons. The third-order valence-electron chi connectivity index (χ3n) is 1.54. The maximum atomic E-state index is 4.92. The summed E-state index contributed by atoms with van der Waals surface area (Å²) in [6, 6.07) is 1.95. The Bertz CT molecular complexity index is 222. The lowest BCUT2D eigenvalue weighted by Crippen LogP contribution is -2.05. The Hall–Kier alpha value is -1.03. The summed E-state index contributed by atoms with van der Waals surface area (Å²) in [7, 11) is 3.61. The van der Waals surface area contributed by atoms with Crippen molar-refractivity contribution < 1.29 is 4.74 Å². The van der Waals surface area contributed by atoms with E-state index in [-0.39, 0.29) is 0 Å². The first kappa shape index (κ1) is 9.06. The van der Waals surface area contributed by atoms with E-state index in [2.05, 4.69) is 10.4 Å². The Kier molecular flexibility index (Phi) is 3.60. The molecule has 0 fully saturated rings. The van der Waals surface area contributed by atoms with Gasteiger partial charge in [0, 0.05) is 39.6 Å². The highest BCUT2D eigenvalue weighted by Crippen LogP contribution is 1.99. The first-order valence-electron chi connectivity index (χ1n) is 4.05. The zero-order chi connectivity index (χ0) is 8.81. The normalized spacial score (nSPS) is 10.2. The number of ether oxygens (including phenoxy) is 1. The molecular weight excluding hydrogens is 154 g/mol. The van der Waals surface area contributed by atoms with Crippen molar-refractivity contribution in [1.82, 2.24) is 9.78 Å². The molecular formula is C8H15N3O. The lowest BCUT2D eigenvalue weighted by molar-refractivity contribution is 0.197. The maximum Gasteiger partial charge on any atom is 0.147 e. The highest BCUT2D eigenvalue weighted by molar-refractivity contribution is 5.31. The van der Waals surface area contributed by atoms with Gasteiger partial charge in [0.15, 0.2) is 0 Å². The highest BCUT2D eigenvalue weighted by atomic mass is 16.5. The Morgan fingerprint density at radius 2 is 2.50 bits per heavy atom. The Balaban J connectivity index is 2.15. The lowest BCUT2D eigenvalue weighted by Gasteiger charge is -2.00. The summed E-state index contributed by atoms with van der Waals surface area (Å²) in [6.07, 6.45) is 2.92. The second kappa shape index (κ2) is 4.77. The van der Waals surface area contributed by atoms with Gasteiger partial charge in [0.05, 0.1) is 0 Å². The van der Waals surface area contributed by atoms with Crippen molar-refractivity contribution in [2.24, 2.45) is 7.05 Å². The van der Waals surface area contributed by atoms with Gasteiger partial charge in [0.2, 0.25) is 0 Å². The van der Waals surface area contributed by atoms with Gasteiger partial charge in [0.1, 0.15) is 5.82 Å². The quantitative estimate of drug-likeness (QED) is 0.665. The fourth-order valence-corrected chi connectivity index (χ4v) is 0.942. The van der Waals surface area contributed by atoms with Crippen LogP contribution in [0.2, 0.25) is 0 Å². The van der Waals surface area contributed by atoms with Gasteiger partial charge in [0.25, 0.3) is 0 Å². The van der Waals surface area contributed by atoms with E-state index in [0.717, 1.165) is 25.4 Å². The maximum absolute atomic E-state index is 4.92. The van der Waals surface area contributed by atoms with E-state index in [4.69, 9.17) is 4.74 Å². The minimum Gasteiger partial charge on any atom is -0.385 e. The third-order valence-corrected chi connectivity index (χ3v) is 1.54. The minimum atomic E-state index is 0.792. The largest absolute Gasteiger partial charge is 0.385 e. The summed E-state index contributed by atoms with van der Waals surface area (Å²) < 4.78 is 6.70. The van der Waals surface area contributed by atoms with Crippen LogP contribution in [0.3, 0.4) is 0 Å². The first-order valence-corrected chi connectivity index (χ1v) is 4.05. The van der Waals surface area contributed by atoms with Gasteiger partial charge in [-0.15, -0.1) is 0 Å². The van der Waals surface area contributed by atoms with Crippen molar-refractivity contribution >= 4 is 5.82 Å². The molecule has 0 saturated heterocycles. The van der Waals surface area contributed by atoms with Gasteiger partial charge in [-0.2, -0.15) is 5.10 Å². The molecule has 0 bridgehead atoms. The van der Waals surface area contributed by atoms with Crippen LogP contribution in [0.4, 0.5) is 5.82 Å². The van der Waals surface area contributed by atoms with Gasteiger partial charge in [-0.3, -0.25) is 4.68 Å². The number of nitrogens with one attached hydrogen (secondary N) is 1. The number of methoxy groups -OCH3 is 1. The third kappa shape index (κ3) is 2.92. The number of aryl methyl sites for hydroxylation is 1. The highest BCUT2D eigenvalue weighted by Gasteiger charge is 1.93. The Labute approximate surface area is 72.5 Å². The minimum absolute atomic E-state index is 0.792. The van der Waals surface area contributed by atoms with Gasteiger partial charge in [-0.05, 0) is 6.42 Å². The van der Waals surface area contributed by atoms with Crippen LogP contribution in [0.25, 0.3) is 0 Å². The molecule has 0 radical (unpaired) electrons. The molecule has 1 rings (SSSR count). The molecule has 0 aromatic carbocycles. The second-order valence-electron chi connectivity index (χ2n) is 2.65. The van der Waals surface area contributed by atoms with E-state index in [1.54, 1.807) is 11.8 Å². The molecule has 0 aliphatic heterocycles. The van der Waals surface area contributed by atoms with E-state index in [1.807, 2.05) is 19.3 Å². The predicted octanol–water partition coefficient (Wildman–Crippen LogP) is 0.869. The molecule has 0 spiro atoms. The SMILES string of the molecule is COCCCNc1ccn(C)n1. The molecule has 0 amide bonds. The molecule has 1 aromatic heterocycles. The number of aromatic nitrogens is 2. The zero-order valence-corrected chi connectivity index (χ0v) is 7.58. The van der Waals surface area contributed by atoms with E-state index in [1.165, 1.54) is 0 Å². The molecule has 0 saturated carbocycles. The molecule has 1 N–H and O–H groups in total. The van der Waals surface area contributed by atoms with Gasteiger partial charge in [-0.25, -0.2) is 0 Å².